The molecule has 1 nitrogen and oxygen atoms in total. The molecule has 5 heteroatoms. The molecule has 1 rings (SSSR count). The van der Waals surface area contributed by atoms with Gasteiger partial charge in [0.15, 0.2) is 0 Å². The predicted molar refractivity (Wildman–Crippen MR) is 62.4 cm³/mol. The largest absolute Gasteiger partial charge is 0.419 e. The normalized spacial score (nSPS) is 14.0. The molecular formula is C13H17F4N. The van der Waals surface area contributed by atoms with Crippen molar-refractivity contribution in [3.8, 4) is 0 Å². The van der Waals surface area contributed by atoms with Crippen LogP contribution in [0.5, 0.6) is 0 Å². The molecule has 0 aromatic heterocycles. The third-order valence-electron chi connectivity index (χ3n) is 3.24. The smallest absolute Gasteiger partial charge is 0.324 e. The monoisotopic (exact) mass is 263 g/mol. The van der Waals surface area contributed by atoms with Crippen LogP contribution in [0, 0.1) is 11.7 Å². The first kappa shape index (κ1) is 15.0. The highest BCUT2D eigenvalue weighted by Gasteiger charge is 2.34. The molecule has 0 radical (unpaired) electrons. The van der Waals surface area contributed by atoms with Crippen LogP contribution in [0.25, 0.3) is 0 Å². The molecule has 0 aliphatic heterocycles. The molecule has 0 amide bonds. The Bertz CT molecular complexity index is 396. The second kappa shape index (κ2) is 5.69. The summed E-state index contributed by atoms with van der Waals surface area (Å²) in [6.07, 6.45) is -3.05. The maximum absolute atomic E-state index is 13.4. The lowest BCUT2D eigenvalue weighted by molar-refractivity contribution is -0.140. The highest BCUT2D eigenvalue weighted by atomic mass is 19.4. The summed E-state index contributed by atoms with van der Waals surface area (Å²) in [6.45, 7) is 3.91. The van der Waals surface area contributed by atoms with Crippen LogP contribution in [0.15, 0.2) is 18.2 Å². The summed E-state index contributed by atoms with van der Waals surface area (Å²) in [5, 5.41) is 0. The van der Waals surface area contributed by atoms with Gasteiger partial charge in [-0.1, -0.05) is 32.8 Å². The van der Waals surface area contributed by atoms with E-state index < -0.39 is 23.6 Å². The molecule has 0 saturated heterocycles. The first-order valence-electron chi connectivity index (χ1n) is 5.93. The Morgan fingerprint density at radius 1 is 1.17 bits per heavy atom. The number of hydrogen-bond acceptors (Lipinski definition) is 1. The van der Waals surface area contributed by atoms with E-state index in [4.69, 9.17) is 5.73 Å². The number of benzene rings is 1. The summed E-state index contributed by atoms with van der Waals surface area (Å²) in [6, 6.07) is 2.48. The lowest BCUT2D eigenvalue weighted by Crippen LogP contribution is -2.21. The van der Waals surface area contributed by atoms with Crippen molar-refractivity contribution in [3.05, 3.63) is 35.1 Å². The fraction of sp³-hybridized carbons (Fsp3) is 0.538. The van der Waals surface area contributed by atoms with Gasteiger partial charge < -0.3 is 5.73 Å². The predicted octanol–water partition coefficient (Wildman–Crippen LogP) is 4.28. The van der Waals surface area contributed by atoms with E-state index in [9.17, 15) is 17.6 Å². The standard InChI is InChI=1S/C13H17F4N/c1-3-8(4-2)12(18)9-5-6-10(11(14)7-9)13(15,16)17/h5-8,12H,3-4,18H2,1-2H3. The van der Waals surface area contributed by atoms with E-state index in [1.807, 2.05) is 13.8 Å². The van der Waals surface area contributed by atoms with Gasteiger partial charge in [0.2, 0.25) is 0 Å². The van der Waals surface area contributed by atoms with Gasteiger partial charge in [-0.25, -0.2) is 4.39 Å². The average molecular weight is 263 g/mol. The molecule has 0 heterocycles. The molecule has 0 fully saturated rings. The zero-order valence-corrected chi connectivity index (χ0v) is 10.4. The van der Waals surface area contributed by atoms with E-state index in [-0.39, 0.29) is 5.92 Å². The lowest BCUT2D eigenvalue weighted by Gasteiger charge is -2.22. The second-order valence-corrected chi connectivity index (χ2v) is 4.34. The van der Waals surface area contributed by atoms with Crippen molar-refractivity contribution in [2.45, 2.75) is 38.9 Å². The van der Waals surface area contributed by atoms with Crippen molar-refractivity contribution < 1.29 is 17.6 Å². The number of alkyl halides is 3. The van der Waals surface area contributed by atoms with Gasteiger partial charge in [-0.15, -0.1) is 0 Å². The second-order valence-electron chi connectivity index (χ2n) is 4.34. The van der Waals surface area contributed by atoms with Gasteiger partial charge in [0, 0.05) is 6.04 Å². The Kier molecular flexibility index (Phi) is 4.73. The van der Waals surface area contributed by atoms with Crippen molar-refractivity contribution in [2.75, 3.05) is 0 Å². The van der Waals surface area contributed by atoms with E-state index in [2.05, 4.69) is 0 Å². The van der Waals surface area contributed by atoms with Gasteiger partial charge in [-0.3, -0.25) is 0 Å². The van der Waals surface area contributed by atoms with E-state index in [1.165, 1.54) is 6.07 Å². The molecular weight excluding hydrogens is 246 g/mol. The van der Waals surface area contributed by atoms with Gasteiger partial charge in [0.05, 0.1) is 5.56 Å². The fourth-order valence-corrected chi connectivity index (χ4v) is 2.04. The summed E-state index contributed by atoms with van der Waals surface area (Å²) in [4.78, 5) is 0. The lowest BCUT2D eigenvalue weighted by atomic mass is 9.89. The summed E-state index contributed by atoms with van der Waals surface area (Å²) >= 11 is 0. The molecule has 0 spiro atoms. The molecule has 0 aliphatic rings. The van der Waals surface area contributed by atoms with Crippen molar-refractivity contribution >= 4 is 0 Å². The van der Waals surface area contributed by atoms with Gasteiger partial charge in [0.25, 0.3) is 0 Å². The molecule has 0 aliphatic carbocycles. The molecule has 1 unspecified atom stereocenters. The fourth-order valence-electron chi connectivity index (χ4n) is 2.04. The Hall–Kier alpha value is -1.10. The molecule has 2 N–H and O–H groups in total. The molecule has 0 bridgehead atoms. The van der Waals surface area contributed by atoms with Crippen LogP contribution >= 0.6 is 0 Å². The number of hydrogen-bond donors (Lipinski definition) is 1. The van der Waals surface area contributed by atoms with Crippen molar-refractivity contribution in [2.24, 2.45) is 11.7 Å². The van der Waals surface area contributed by atoms with Crippen LogP contribution in [0.4, 0.5) is 17.6 Å². The third-order valence-corrected chi connectivity index (χ3v) is 3.24. The number of rotatable bonds is 4. The highest BCUT2D eigenvalue weighted by Crippen LogP contribution is 2.33. The molecule has 1 atom stereocenters. The van der Waals surface area contributed by atoms with Crippen LogP contribution in [-0.2, 0) is 6.18 Å². The highest BCUT2D eigenvalue weighted by molar-refractivity contribution is 5.28. The summed E-state index contributed by atoms with van der Waals surface area (Å²) < 4.78 is 50.6. The summed E-state index contributed by atoms with van der Waals surface area (Å²) in [7, 11) is 0. The van der Waals surface area contributed by atoms with E-state index >= 15 is 0 Å². The first-order chi connectivity index (χ1) is 8.31. The van der Waals surface area contributed by atoms with E-state index in [1.54, 1.807) is 0 Å². The maximum atomic E-state index is 13.4. The average Bonchev–Trinajstić information content (AvgIpc) is 2.28. The topological polar surface area (TPSA) is 26.0 Å². The van der Waals surface area contributed by atoms with Crippen LogP contribution in [0.3, 0.4) is 0 Å². The minimum atomic E-state index is -4.67. The first-order valence-corrected chi connectivity index (χ1v) is 5.93. The summed E-state index contributed by atoms with van der Waals surface area (Å²) in [5.74, 6) is -1.12. The molecule has 18 heavy (non-hydrogen) atoms. The van der Waals surface area contributed by atoms with Crippen LogP contribution < -0.4 is 5.73 Å². The van der Waals surface area contributed by atoms with E-state index in [0.717, 1.165) is 25.0 Å². The molecule has 102 valence electrons. The van der Waals surface area contributed by atoms with Gasteiger partial charge in [-0.2, -0.15) is 13.2 Å². The Balaban J connectivity index is 3.04. The SMILES string of the molecule is CCC(CC)C(N)c1ccc(C(F)(F)F)c(F)c1. The van der Waals surface area contributed by atoms with Crippen molar-refractivity contribution in [1.29, 1.82) is 0 Å². The zero-order valence-electron chi connectivity index (χ0n) is 10.4. The van der Waals surface area contributed by atoms with Crippen molar-refractivity contribution in [3.63, 3.8) is 0 Å². The molecule has 1 aromatic carbocycles. The van der Waals surface area contributed by atoms with Crippen molar-refractivity contribution in [1.82, 2.24) is 0 Å². The quantitative estimate of drug-likeness (QED) is 0.806. The van der Waals surface area contributed by atoms with Crippen LogP contribution in [0.1, 0.15) is 43.9 Å². The van der Waals surface area contributed by atoms with Gasteiger partial charge in [-0.05, 0) is 23.6 Å². The van der Waals surface area contributed by atoms with E-state index in [0.29, 0.717) is 5.56 Å². The molecule has 0 saturated carbocycles. The molecule has 1 aromatic rings. The third kappa shape index (κ3) is 3.22. The van der Waals surface area contributed by atoms with Crippen LogP contribution in [0.2, 0.25) is 0 Å². The maximum Gasteiger partial charge on any atom is 0.419 e. The van der Waals surface area contributed by atoms with Gasteiger partial charge >= 0.3 is 6.18 Å². The zero-order chi connectivity index (χ0) is 13.9. The Morgan fingerprint density at radius 3 is 2.11 bits per heavy atom. The summed E-state index contributed by atoms with van der Waals surface area (Å²) in [5.41, 5.74) is 5.10. The minimum absolute atomic E-state index is 0.140. The minimum Gasteiger partial charge on any atom is -0.324 e. The number of nitrogens with two attached hydrogens (primary N) is 1. The number of halogens is 4. The van der Waals surface area contributed by atoms with Crippen LogP contribution in [-0.4, -0.2) is 0 Å². The van der Waals surface area contributed by atoms with Gasteiger partial charge in [0.1, 0.15) is 5.82 Å². The Labute approximate surface area is 104 Å². The Morgan fingerprint density at radius 2 is 1.72 bits per heavy atom.